The number of hydrazine groups is 1. The van der Waals surface area contributed by atoms with Crippen molar-refractivity contribution in [3.63, 3.8) is 0 Å². The third-order valence-electron chi connectivity index (χ3n) is 2.37. The molecule has 4 N–H and O–H groups in total. The molecule has 92 valence electrons. The average molecular weight is 234 g/mol. The number of methoxy groups -OCH3 is 2. The van der Waals surface area contributed by atoms with E-state index < -0.39 is 18.3 Å². The molecular formula is C8H16N3O5+. The molecule has 0 unspecified atom stereocenters. The lowest BCUT2D eigenvalue weighted by Gasteiger charge is -2.39. The number of quaternary nitrogens is 1. The Morgan fingerprint density at radius 1 is 1.19 bits per heavy atom. The van der Waals surface area contributed by atoms with Crippen LogP contribution in [-0.4, -0.2) is 66.8 Å². The molecule has 0 spiro atoms. The van der Waals surface area contributed by atoms with Crippen molar-refractivity contribution in [2.45, 2.75) is 12.1 Å². The lowest BCUT2D eigenvalue weighted by Crippen LogP contribution is -2.77. The van der Waals surface area contributed by atoms with Gasteiger partial charge in [-0.15, -0.1) is 0 Å². The van der Waals surface area contributed by atoms with Gasteiger partial charge >= 0.3 is 12.2 Å². The Bertz CT molecular complexity index is 257. The number of amides is 2. The summed E-state index contributed by atoms with van der Waals surface area (Å²) in [7, 11) is 2.40. The molecule has 0 aromatic carbocycles. The van der Waals surface area contributed by atoms with Crippen LogP contribution in [0.1, 0.15) is 0 Å². The molecule has 2 amide bonds. The van der Waals surface area contributed by atoms with Gasteiger partial charge in [-0.05, 0) is 0 Å². The van der Waals surface area contributed by atoms with Gasteiger partial charge in [0.2, 0.25) is 0 Å². The van der Waals surface area contributed by atoms with Gasteiger partial charge < -0.3 is 20.3 Å². The van der Waals surface area contributed by atoms with E-state index in [0.717, 1.165) is 10.0 Å². The van der Waals surface area contributed by atoms with Crippen LogP contribution in [0.5, 0.6) is 0 Å². The number of ether oxygens (including phenoxy) is 2. The summed E-state index contributed by atoms with van der Waals surface area (Å²) in [5, 5.41) is 11.6. The van der Waals surface area contributed by atoms with E-state index in [9.17, 15) is 14.7 Å². The van der Waals surface area contributed by atoms with Crippen molar-refractivity contribution in [3.05, 3.63) is 0 Å². The summed E-state index contributed by atoms with van der Waals surface area (Å²) in [6, 6.07) is -0.375. The maximum atomic E-state index is 11.4. The first-order valence-corrected chi connectivity index (χ1v) is 4.73. The van der Waals surface area contributed by atoms with Gasteiger partial charge in [0.05, 0.1) is 20.8 Å². The Balaban J connectivity index is 2.83. The van der Waals surface area contributed by atoms with Crippen molar-refractivity contribution in [1.82, 2.24) is 10.0 Å². The SMILES string of the molecule is COC(=O)N1C[C@@H]([NH3+])[C@@H](O)CN1C(=O)OC. The topological polar surface area (TPSA) is 107 Å². The fourth-order valence-corrected chi connectivity index (χ4v) is 1.42. The van der Waals surface area contributed by atoms with Crippen LogP contribution in [0, 0.1) is 0 Å². The summed E-state index contributed by atoms with van der Waals surface area (Å²) in [6.45, 7) is 0.0544. The first kappa shape index (κ1) is 12.5. The van der Waals surface area contributed by atoms with Gasteiger partial charge in [-0.2, -0.15) is 0 Å². The van der Waals surface area contributed by atoms with E-state index in [1.807, 2.05) is 0 Å². The van der Waals surface area contributed by atoms with Crippen molar-refractivity contribution in [2.75, 3.05) is 27.3 Å². The molecule has 8 nitrogen and oxygen atoms in total. The number of carbonyl (C=O) groups excluding carboxylic acids is 2. The molecule has 0 saturated carbocycles. The van der Waals surface area contributed by atoms with E-state index in [4.69, 9.17) is 0 Å². The zero-order valence-electron chi connectivity index (χ0n) is 9.25. The number of rotatable bonds is 0. The van der Waals surface area contributed by atoms with Gasteiger partial charge in [0, 0.05) is 0 Å². The smallest absolute Gasteiger partial charge is 0.428 e. The van der Waals surface area contributed by atoms with Crippen molar-refractivity contribution >= 4 is 12.2 Å². The van der Waals surface area contributed by atoms with Gasteiger partial charge in [-0.3, -0.25) is 0 Å². The first-order chi connectivity index (χ1) is 7.51. The minimum absolute atomic E-state index is 0.0457. The van der Waals surface area contributed by atoms with E-state index >= 15 is 0 Å². The third-order valence-corrected chi connectivity index (χ3v) is 2.37. The van der Waals surface area contributed by atoms with Gasteiger partial charge in [-0.1, -0.05) is 0 Å². The summed E-state index contributed by atoms with van der Waals surface area (Å²) < 4.78 is 9.03. The Morgan fingerprint density at radius 2 is 1.62 bits per heavy atom. The normalized spacial score (nSPS) is 25.2. The minimum atomic E-state index is -0.792. The van der Waals surface area contributed by atoms with Crippen molar-refractivity contribution in [2.24, 2.45) is 0 Å². The Morgan fingerprint density at radius 3 is 2.06 bits per heavy atom. The van der Waals surface area contributed by atoms with Gasteiger partial charge in [0.15, 0.2) is 0 Å². The van der Waals surface area contributed by atoms with Crippen LogP contribution in [0.15, 0.2) is 0 Å². The Labute approximate surface area is 92.5 Å². The molecular weight excluding hydrogens is 218 g/mol. The number of carbonyl (C=O) groups is 2. The van der Waals surface area contributed by atoms with Crippen LogP contribution < -0.4 is 5.73 Å². The van der Waals surface area contributed by atoms with Crippen molar-refractivity contribution < 1.29 is 29.9 Å². The third kappa shape index (κ3) is 2.34. The Hall–Kier alpha value is -1.54. The minimum Gasteiger partial charge on any atom is -0.452 e. The predicted octanol–water partition coefficient (Wildman–Crippen LogP) is -1.98. The van der Waals surface area contributed by atoms with E-state index in [1.165, 1.54) is 14.2 Å². The molecule has 0 radical (unpaired) electrons. The highest BCUT2D eigenvalue weighted by molar-refractivity contribution is 5.74. The van der Waals surface area contributed by atoms with E-state index in [-0.39, 0.29) is 19.1 Å². The number of nitrogens with zero attached hydrogens (tertiary/aromatic N) is 2. The number of hydrogen-bond acceptors (Lipinski definition) is 5. The highest BCUT2D eigenvalue weighted by Gasteiger charge is 2.39. The van der Waals surface area contributed by atoms with Crippen LogP contribution in [0.4, 0.5) is 9.59 Å². The fourth-order valence-electron chi connectivity index (χ4n) is 1.42. The van der Waals surface area contributed by atoms with Crippen molar-refractivity contribution in [1.29, 1.82) is 0 Å². The number of hydrogen-bond donors (Lipinski definition) is 2. The van der Waals surface area contributed by atoms with Gasteiger partial charge in [0.25, 0.3) is 0 Å². The zero-order chi connectivity index (χ0) is 12.3. The largest absolute Gasteiger partial charge is 0.452 e. The molecule has 0 aliphatic carbocycles. The number of β-amino-alcohol motifs (C(OH)–C–C–N with tert-alkyl or cyclic N) is 1. The molecule has 1 rings (SSSR count). The van der Waals surface area contributed by atoms with Crippen LogP contribution in [0.2, 0.25) is 0 Å². The maximum Gasteiger partial charge on any atom is 0.428 e. The summed E-state index contributed by atoms with van der Waals surface area (Å²) in [5.41, 5.74) is 3.69. The maximum absolute atomic E-state index is 11.4. The van der Waals surface area contributed by atoms with Crippen LogP contribution >= 0.6 is 0 Å². The first-order valence-electron chi connectivity index (χ1n) is 4.73. The second kappa shape index (κ2) is 4.99. The molecule has 1 heterocycles. The predicted molar refractivity (Wildman–Crippen MR) is 50.9 cm³/mol. The molecule has 1 aliphatic heterocycles. The molecule has 0 aromatic heterocycles. The monoisotopic (exact) mass is 234 g/mol. The summed E-state index contributed by atoms with van der Waals surface area (Å²) in [4.78, 5) is 22.8. The summed E-state index contributed by atoms with van der Waals surface area (Å²) in [6.07, 6.45) is -2.21. The lowest BCUT2D eigenvalue weighted by molar-refractivity contribution is -0.448. The zero-order valence-corrected chi connectivity index (χ0v) is 9.25. The summed E-state index contributed by atoms with van der Waals surface area (Å²) >= 11 is 0. The van der Waals surface area contributed by atoms with E-state index in [1.54, 1.807) is 0 Å². The summed E-state index contributed by atoms with van der Waals surface area (Å²) in [5.74, 6) is 0. The van der Waals surface area contributed by atoms with Gasteiger partial charge in [-0.25, -0.2) is 19.6 Å². The molecule has 0 aromatic rings. The molecule has 2 atom stereocenters. The fraction of sp³-hybridized carbons (Fsp3) is 0.750. The van der Waals surface area contributed by atoms with E-state index in [0.29, 0.717) is 0 Å². The average Bonchev–Trinajstić information content (AvgIpc) is 2.30. The van der Waals surface area contributed by atoms with Crippen LogP contribution in [0.25, 0.3) is 0 Å². The molecule has 8 heteroatoms. The standard InChI is InChI=1S/C8H15N3O5/c1-15-7(13)10-3-5(9)6(12)4-11(10)8(14)16-2/h5-6,12H,3-4,9H2,1-2H3/p+1/t5-,6+/m1/s1. The molecule has 1 aliphatic rings. The highest BCUT2D eigenvalue weighted by atomic mass is 16.6. The number of aliphatic hydroxyl groups excluding tert-OH is 1. The molecule has 16 heavy (non-hydrogen) atoms. The Kier molecular flexibility index (Phi) is 3.91. The molecule has 1 fully saturated rings. The molecule has 0 bridgehead atoms. The second-order valence-electron chi connectivity index (χ2n) is 3.43. The van der Waals surface area contributed by atoms with Crippen LogP contribution in [-0.2, 0) is 9.47 Å². The quantitative estimate of drug-likeness (QED) is 0.505. The lowest BCUT2D eigenvalue weighted by atomic mass is 10.1. The highest BCUT2D eigenvalue weighted by Crippen LogP contribution is 2.12. The van der Waals surface area contributed by atoms with Crippen molar-refractivity contribution in [3.8, 4) is 0 Å². The van der Waals surface area contributed by atoms with Crippen LogP contribution in [0.3, 0.4) is 0 Å². The molecule has 1 saturated heterocycles. The van der Waals surface area contributed by atoms with E-state index in [2.05, 4.69) is 15.2 Å². The second-order valence-corrected chi connectivity index (χ2v) is 3.43. The van der Waals surface area contributed by atoms with Gasteiger partial charge in [0.1, 0.15) is 18.7 Å². The number of aliphatic hydroxyl groups is 1.